The van der Waals surface area contributed by atoms with Crippen LogP contribution in [-0.4, -0.2) is 35.4 Å². The number of nitro groups is 1. The maximum absolute atomic E-state index is 12.6. The maximum atomic E-state index is 12.6. The van der Waals surface area contributed by atoms with Crippen molar-refractivity contribution in [3.05, 3.63) is 33.9 Å². The Morgan fingerprint density at radius 1 is 1.55 bits per heavy atom. The molecule has 108 valence electrons. The first-order valence-corrected chi connectivity index (χ1v) is 6.86. The van der Waals surface area contributed by atoms with Crippen LogP contribution in [0.2, 0.25) is 0 Å². The predicted molar refractivity (Wildman–Crippen MR) is 77.0 cm³/mol. The number of para-hydroxylation sites is 1. The van der Waals surface area contributed by atoms with E-state index in [4.69, 9.17) is 0 Å². The number of anilines is 1. The van der Waals surface area contributed by atoms with Gasteiger partial charge < -0.3 is 10.2 Å². The maximum Gasteiger partial charge on any atom is 0.305 e. The molecule has 1 unspecified atom stereocenters. The largest absolute Gasteiger partial charge is 0.383 e. The smallest absolute Gasteiger partial charge is 0.305 e. The van der Waals surface area contributed by atoms with Crippen LogP contribution in [0.5, 0.6) is 0 Å². The van der Waals surface area contributed by atoms with Gasteiger partial charge in [-0.2, -0.15) is 0 Å². The highest BCUT2D eigenvalue weighted by molar-refractivity contribution is 6.00. The summed E-state index contributed by atoms with van der Waals surface area (Å²) in [6.07, 6.45) is 2.82. The second-order valence-corrected chi connectivity index (χ2v) is 4.91. The van der Waals surface area contributed by atoms with E-state index >= 15 is 0 Å². The summed E-state index contributed by atoms with van der Waals surface area (Å²) >= 11 is 0. The molecule has 1 aromatic carbocycles. The number of benzene rings is 1. The number of hydrogen-bond acceptors (Lipinski definition) is 4. The van der Waals surface area contributed by atoms with E-state index in [1.807, 2.05) is 6.92 Å². The minimum absolute atomic E-state index is 0.137. The van der Waals surface area contributed by atoms with Crippen molar-refractivity contribution < 1.29 is 9.72 Å². The van der Waals surface area contributed by atoms with Gasteiger partial charge in [-0.05, 0) is 31.4 Å². The fraction of sp³-hybridized carbons (Fsp3) is 0.500. The molecule has 1 saturated heterocycles. The van der Waals surface area contributed by atoms with Crippen LogP contribution in [0.15, 0.2) is 18.2 Å². The van der Waals surface area contributed by atoms with Crippen molar-refractivity contribution in [1.29, 1.82) is 0 Å². The minimum Gasteiger partial charge on any atom is -0.383 e. The van der Waals surface area contributed by atoms with Crippen LogP contribution < -0.4 is 5.32 Å². The summed E-state index contributed by atoms with van der Waals surface area (Å²) in [5.41, 5.74) is 0.400. The quantitative estimate of drug-likeness (QED) is 0.678. The lowest BCUT2D eigenvalue weighted by Crippen LogP contribution is -2.35. The second kappa shape index (κ2) is 5.90. The second-order valence-electron chi connectivity index (χ2n) is 4.91. The van der Waals surface area contributed by atoms with Crippen LogP contribution in [0.25, 0.3) is 0 Å². The topological polar surface area (TPSA) is 75.5 Å². The summed E-state index contributed by atoms with van der Waals surface area (Å²) in [6, 6.07) is 5.01. The molecular formula is C14H19N3O3. The number of carbonyl (C=O) groups is 1. The van der Waals surface area contributed by atoms with Gasteiger partial charge in [0.2, 0.25) is 0 Å². The molecule has 0 radical (unpaired) electrons. The van der Waals surface area contributed by atoms with Gasteiger partial charge in [0.05, 0.1) is 4.92 Å². The van der Waals surface area contributed by atoms with Crippen LogP contribution in [0.4, 0.5) is 11.4 Å². The molecule has 1 aliphatic heterocycles. The molecule has 0 saturated carbocycles. The SMILES string of the molecule is CCC1CCCN1C(=O)c1cccc(NC)c1[N+](=O)[O-]. The Balaban J connectivity index is 2.42. The Kier molecular flexibility index (Phi) is 4.22. The first kappa shape index (κ1) is 14.3. The molecule has 1 aromatic rings. The van der Waals surface area contributed by atoms with Crippen molar-refractivity contribution in [2.75, 3.05) is 18.9 Å². The van der Waals surface area contributed by atoms with E-state index in [-0.39, 0.29) is 23.2 Å². The minimum atomic E-state index is -0.490. The summed E-state index contributed by atoms with van der Waals surface area (Å²) in [6.45, 7) is 2.72. The number of hydrogen-bond donors (Lipinski definition) is 1. The van der Waals surface area contributed by atoms with Crippen molar-refractivity contribution in [1.82, 2.24) is 4.90 Å². The Bertz CT molecular complexity index is 530. The van der Waals surface area contributed by atoms with Gasteiger partial charge in [0.25, 0.3) is 5.91 Å². The summed E-state index contributed by atoms with van der Waals surface area (Å²) in [7, 11) is 1.61. The Morgan fingerprint density at radius 2 is 2.30 bits per heavy atom. The number of likely N-dealkylation sites (tertiary alicyclic amines) is 1. The number of amides is 1. The van der Waals surface area contributed by atoms with E-state index in [1.54, 1.807) is 24.1 Å². The van der Waals surface area contributed by atoms with Gasteiger partial charge in [0, 0.05) is 19.6 Å². The third kappa shape index (κ3) is 2.45. The van der Waals surface area contributed by atoms with Crippen LogP contribution in [0.1, 0.15) is 36.5 Å². The van der Waals surface area contributed by atoms with Crippen molar-refractivity contribution in [3.8, 4) is 0 Å². The van der Waals surface area contributed by atoms with Gasteiger partial charge in [-0.15, -0.1) is 0 Å². The van der Waals surface area contributed by atoms with E-state index in [0.717, 1.165) is 19.3 Å². The van der Waals surface area contributed by atoms with E-state index < -0.39 is 4.92 Å². The van der Waals surface area contributed by atoms with Crippen LogP contribution in [0.3, 0.4) is 0 Å². The lowest BCUT2D eigenvalue weighted by Gasteiger charge is -2.23. The summed E-state index contributed by atoms with van der Waals surface area (Å²) < 4.78 is 0. The van der Waals surface area contributed by atoms with Crippen molar-refractivity contribution >= 4 is 17.3 Å². The summed E-state index contributed by atoms with van der Waals surface area (Å²) in [5.74, 6) is -0.238. The van der Waals surface area contributed by atoms with E-state index in [1.165, 1.54) is 6.07 Å². The predicted octanol–water partition coefficient (Wildman–Crippen LogP) is 2.65. The fourth-order valence-electron chi connectivity index (χ4n) is 2.80. The molecule has 0 aromatic heterocycles. The highest BCUT2D eigenvalue weighted by Crippen LogP contribution is 2.31. The first-order chi connectivity index (χ1) is 9.60. The molecule has 1 amide bonds. The molecule has 1 heterocycles. The Labute approximate surface area is 117 Å². The highest BCUT2D eigenvalue weighted by Gasteiger charge is 2.32. The molecule has 1 N–H and O–H groups in total. The van der Waals surface area contributed by atoms with Crippen molar-refractivity contribution in [2.24, 2.45) is 0 Å². The van der Waals surface area contributed by atoms with Gasteiger partial charge in [0.1, 0.15) is 11.3 Å². The van der Waals surface area contributed by atoms with Crippen molar-refractivity contribution in [2.45, 2.75) is 32.2 Å². The van der Waals surface area contributed by atoms with Crippen LogP contribution in [-0.2, 0) is 0 Å². The number of carbonyl (C=O) groups excluding carboxylic acids is 1. The Hall–Kier alpha value is -2.11. The molecule has 6 nitrogen and oxygen atoms in total. The first-order valence-electron chi connectivity index (χ1n) is 6.86. The van der Waals surface area contributed by atoms with Crippen molar-refractivity contribution in [3.63, 3.8) is 0 Å². The normalized spacial score (nSPS) is 18.1. The van der Waals surface area contributed by atoms with Crippen LogP contribution in [0, 0.1) is 10.1 Å². The molecule has 1 atom stereocenters. The number of nitro benzene ring substituents is 1. The zero-order valence-corrected chi connectivity index (χ0v) is 11.8. The van der Waals surface area contributed by atoms with E-state index in [9.17, 15) is 14.9 Å². The van der Waals surface area contributed by atoms with Gasteiger partial charge in [-0.25, -0.2) is 0 Å². The zero-order valence-electron chi connectivity index (χ0n) is 11.8. The monoisotopic (exact) mass is 277 g/mol. The lowest BCUT2D eigenvalue weighted by atomic mass is 10.1. The van der Waals surface area contributed by atoms with Gasteiger partial charge in [0.15, 0.2) is 0 Å². The fourth-order valence-corrected chi connectivity index (χ4v) is 2.80. The zero-order chi connectivity index (χ0) is 14.7. The standard InChI is InChI=1S/C14H19N3O3/c1-3-10-6-5-9-16(10)14(18)11-7-4-8-12(15-2)13(11)17(19)20/h4,7-8,10,15H,3,5-6,9H2,1-2H3. The average molecular weight is 277 g/mol. The summed E-state index contributed by atoms with van der Waals surface area (Å²) in [4.78, 5) is 25.1. The molecule has 1 aliphatic rings. The lowest BCUT2D eigenvalue weighted by molar-refractivity contribution is -0.384. The molecule has 1 fully saturated rings. The number of rotatable bonds is 4. The van der Waals surface area contributed by atoms with E-state index in [0.29, 0.717) is 12.2 Å². The molecule has 2 rings (SSSR count). The average Bonchev–Trinajstić information content (AvgIpc) is 2.93. The Morgan fingerprint density at radius 3 is 2.90 bits per heavy atom. The highest BCUT2D eigenvalue weighted by atomic mass is 16.6. The van der Waals surface area contributed by atoms with Gasteiger partial charge >= 0.3 is 5.69 Å². The molecule has 0 aliphatic carbocycles. The molecule has 6 heteroatoms. The number of nitrogens with zero attached hydrogens (tertiary/aromatic N) is 2. The van der Waals surface area contributed by atoms with E-state index in [2.05, 4.69) is 5.32 Å². The molecule has 0 bridgehead atoms. The van der Waals surface area contributed by atoms with Gasteiger partial charge in [-0.1, -0.05) is 13.0 Å². The van der Waals surface area contributed by atoms with Gasteiger partial charge in [-0.3, -0.25) is 14.9 Å². The molecule has 0 spiro atoms. The summed E-state index contributed by atoms with van der Waals surface area (Å²) in [5, 5.41) is 14.0. The third-order valence-electron chi connectivity index (χ3n) is 3.83. The number of nitrogens with one attached hydrogen (secondary N) is 1. The molecule has 20 heavy (non-hydrogen) atoms. The van der Waals surface area contributed by atoms with Crippen LogP contribution >= 0.6 is 0 Å². The molecular weight excluding hydrogens is 258 g/mol. The third-order valence-corrected chi connectivity index (χ3v) is 3.83.